The minimum Gasteiger partial charge on any atom is -0.481 e. The number of rotatable bonds is 4. The number of amides is 2. The number of nitrogens with zero attached hydrogens (tertiary/aromatic N) is 1. The minimum absolute atomic E-state index is 0.0158. The first-order chi connectivity index (χ1) is 9.40. The average Bonchev–Trinajstić information content (AvgIpc) is 3.06. The fourth-order valence-electron chi connectivity index (χ4n) is 2.95. The summed E-state index contributed by atoms with van der Waals surface area (Å²) in [6, 6.07) is -0.138. The maximum absolute atomic E-state index is 12.1. The molecule has 0 aromatic rings. The lowest BCUT2D eigenvalue weighted by atomic mass is 9.83. The van der Waals surface area contributed by atoms with Gasteiger partial charge in [-0.2, -0.15) is 0 Å². The molecule has 20 heavy (non-hydrogen) atoms. The third-order valence-electron chi connectivity index (χ3n) is 4.42. The summed E-state index contributed by atoms with van der Waals surface area (Å²) in [4.78, 5) is 24.6. The Hall–Kier alpha value is -1.52. The summed E-state index contributed by atoms with van der Waals surface area (Å²) in [5, 5.41) is 11.9. The van der Waals surface area contributed by atoms with E-state index in [0.29, 0.717) is 26.1 Å². The number of hydrogen-bond acceptors (Lipinski definition) is 2. The molecule has 0 aromatic carbocycles. The van der Waals surface area contributed by atoms with Gasteiger partial charge in [-0.1, -0.05) is 25.5 Å². The lowest BCUT2D eigenvalue weighted by molar-refractivity contribution is -0.141. The highest BCUT2D eigenvalue weighted by Crippen LogP contribution is 2.34. The largest absolute Gasteiger partial charge is 0.481 e. The van der Waals surface area contributed by atoms with Crippen molar-refractivity contribution in [1.82, 2.24) is 10.2 Å². The quantitative estimate of drug-likeness (QED) is 0.776. The Balaban J connectivity index is 1.82. The highest BCUT2D eigenvalue weighted by atomic mass is 16.4. The molecule has 1 unspecified atom stereocenters. The molecule has 1 fully saturated rings. The van der Waals surface area contributed by atoms with Crippen molar-refractivity contribution in [1.29, 1.82) is 0 Å². The summed E-state index contributed by atoms with van der Waals surface area (Å²) in [5.74, 6) is -1.22. The molecule has 1 aliphatic carbocycles. The molecule has 0 bridgehead atoms. The van der Waals surface area contributed by atoms with E-state index in [1.54, 1.807) is 4.90 Å². The van der Waals surface area contributed by atoms with E-state index in [1.165, 1.54) is 12.0 Å². The van der Waals surface area contributed by atoms with Gasteiger partial charge >= 0.3 is 12.0 Å². The maximum atomic E-state index is 12.1. The summed E-state index contributed by atoms with van der Waals surface area (Å²) in [6.07, 6.45) is 6.30. The highest BCUT2D eigenvalue weighted by molar-refractivity contribution is 5.77. The van der Waals surface area contributed by atoms with E-state index < -0.39 is 11.9 Å². The molecule has 0 spiro atoms. The number of nitrogens with one attached hydrogen (secondary N) is 1. The van der Waals surface area contributed by atoms with Gasteiger partial charge in [-0.05, 0) is 25.7 Å². The van der Waals surface area contributed by atoms with Crippen LogP contribution in [0.15, 0.2) is 11.6 Å². The summed E-state index contributed by atoms with van der Waals surface area (Å²) < 4.78 is 0. The third-order valence-corrected chi connectivity index (χ3v) is 4.42. The number of carboxylic acid groups (broad SMARTS) is 1. The molecular formula is C15H24N2O3. The summed E-state index contributed by atoms with van der Waals surface area (Å²) in [5.41, 5.74) is 1.40. The molecule has 1 heterocycles. The number of carboxylic acids is 1. The summed E-state index contributed by atoms with van der Waals surface area (Å²) in [6.45, 7) is 5.76. The number of allylic oxidation sites excluding steroid dienone is 1. The molecule has 5 nitrogen and oxygen atoms in total. The second kappa shape index (κ2) is 5.85. The number of likely N-dealkylation sites (tertiary alicyclic amines) is 1. The first-order valence-corrected chi connectivity index (χ1v) is 7.35. The molecular weight excluding hydrogens is 256 g/mol. The highest BCUT2D eigenvalue weighted by Gasteiger charge is 2.32. The first-order valence-electron chi connectivity index (χ1n) is 7.35. The van der Waals surface area contributed by atoms with Gasteiger partial charge in [0.2, 0.25) is 0 Å². The van der Waals surface area contributed by atoms with Crippen molar-refractivity contribution >= 4 is 12.0 Å². The van der Waals surface area contributed by atoms with Gasteiger partial charge in [-0.3, -0.25) is 4.79 Å². The zero-order valence-electron chi connectivity index (χ0n) is 12.3. The van der Waals surface area contributed by atoms with Gasteiger partial charge in [0.1, 0.15) is 0 Å². The average molecular weight is 280 g/mol. The SMILES string of the molecule is CC(C)(CNC(=O)N1CCC(C(=O)O)C1)C1=CCCC1. The molecule has 2 N–H and O–H groups in total. The number of hydrogen-bond donors (Lipinski definition) is 2. The van der Waals surface area contributed by atoms with Crippen molar-refractivity contribution in [2.75, 3.05) is 19.6 Å². The lowest BCUT2D eigenvalue weighted by Crippen LogP contribution is -2.43. The van der Waals surface area contributed by atoms with Gasteiger partial charge in [-0.25, -0.2) is 4.79 Å². The molecule has 0 aromatic heterocycles. The van der Waals surface area contributed by atoms with E-state index in [1.807, 2.05) is 0 Å². The van der Waals surface area contributed by atoms with Gasteiger partial charge in [-0.15, -0.1) is 0 Å². The smallest absolute Gasteiger partial charge is 0.317 e. The van der Waals surface area contributed by atoms with Gasteiger partial charge < -0.3 is 15.3 Å². The number of carbonyl (C=O) groups is 2. The number of urea groups is 1. The molecule has 1 aliphatic heterocycles. The molecule has 5 heteroatoms. The predicted molar refractivity (Wildman–Crippen MR) is 76.4 cm³/mol. The van der Waals surface area contributed by atoms with E-state index in [9.17, 15) is 9.59 Å². The molecule has 1 atom stereocenters. The Morgan fingerprint density at radius 1 is 1.50 bits per heavy atom. The fourth-order valence-corrected chi connectivity index (χ4v) is 2.95. The van der Waals surface area contributed by atoms with Crippen LogP contribution in [0, 0.1) is 11.3 Å². The van der Waals surface area contributed by atoms with Gasteiger partial charge in [0.15, 0.2) is 0 Å². The standard InChI is InChI=1S/C15H24N2O3/c1-15(2,12-5-3-4-6-12)10-16-14(20)17-8-7-11(9-17)13(18)19/h5,11H,3-4,6-10H2,1-2H3,(H,16,20)(H,18,19). The third kappa shape index (κ3) is 3.32. The Morgan fingerprint density at radius 2 is 2.25 bits per heavy atom. The van der Waals surface area contributed by atoms with Crippen LogP contribution in [0.25, 0.3) is 0 Å². The van der Waals surface area contributed by atoms with Crippen LogP contribution in [0.4, 0.5) is 4.79 Å². The van der Waals surface area contributed by atoms with Crippen molar-refractivity contribution in [3.05, 3.63) is 11.6 Å². The lowest BCUT2D eigenvalue weighted by Gasteiger charge is -2.28. The van der Waals surface area contributed by atoms with Crippen molar-refractivity contribution < 1.29 is 14.7 Å². The van der Waals surface area contributed by atoms with Crippen LogP contribution in [0.3, 0.4) is 0 Å². The first kappa shape index (κ1) is 14.9. The van der Waals surface area contributed by atoms with Crippen LogP contribution < -0.4 is 5.32 Å². The van der Waals surface area contributed by atoms with E-state index in [0.717, 1.165) is 12.8 Å². The fraction of sp³-hybridized carbons (Fsp3) is 0.733. The predicted octanol–water partition coefficient (Wildman–Crippen LogP) is 2.24. The molecule has 112 valence electrons. The Bertz CT molecular complexity index is 429. The maximum Gasteiger partial charge on any atom is 0.317 e. The summed E-state index contributed by atoms with van der Waals surface area (Å²) in [7, 11) is 0. The van der Waals surface area contributed by atoms with Crippen LogP contribution in [0.2, 0.25) is 0 Å². The monoisotopic (exact) mass is 280 g/mol. The topological polar surface area (TPSA) is 69.6 Å². The number of carbonyl (C=O) groups excluding carboxylic acids is 1. The second-order valence-corrected chi connectivity index (χ2v) is 6.43. The van der Waals surface area contributed by atoms with Gasteiger partial charge in [0.25, 0.3) is 0 Å². The van der Waals surface area contributed by atoms with Crippen LogP contribution in [-0.4, -0.2) is 41.6 Å². The van der Waals surface area contributed by atoms with E-state index in [2.05, 4.69) is 25.2 Å². The van der Waals surface area contributed by atoms with E-state index >= 15 is 0 Å². The Kier molecular flexibility index (Phi) is 4.35. The van der Waals surface area contributed by atoms with Gasteiger partial charge in [0.05, 0.1) is 5.92 Å². The van der Waals surface area contributed by atoms with Crippen molar-refractivity contribution in [2.24, 2.45) is 11.3 Å². The minimum atomic E-state index is -0.809. The summed E-state index contributed by atoms with van der Waals surface area (Å²) >= 11 is 0. The zero-order valence-corrected chi connectivity index (χ0v) is 12.3. The Labute approximate surface area is 120 Å². The van der Waals surface area contributed by atoms with E-state index in [-0.39, 0.29) is 11.4 Å². The van der Waals surface area contributed by atoms with Crippen LogP contribution in [-0.2, 0) is 4.79 Å². The van der Waals surface area contributed by atoms with Crippen LogP contribution in [0.5, 0.6) is 0 Å². The van der Waals surface area contributed by atoms with E-state index in [4.69, 9.17) is 5.11 Å². The zero-order chi connectivity index (χ0) is 14.8. The normalized spacial score (nSPS) is 22.8. The van der Waals surface area contributed by atoms with Crippen LogP contribution in [0.1, 0.15) is 39.5 Å². The molecule has 2 aliphatic rings. The van der Waals surface area contributed by atoms with Crippen molar-refractivity contribution in [3.63, 3.8) is 0 Å². The molecule has 0 radical (unpaired) electrons. The van der Waals surface area contributed by atoms with Gasteiger partial charge in [0, 0.05) is 25.0 Å². The molecule has 0 saturated carbocycles. The van der Waals surface area contributed by atoms with Crippen LogP contribution >= 0.6 is 0 Å². The Morgan fingerprint density at radius 3 is 2.80 bits per heavy atom. The van der Waals surface area contributed by atoms with Crippen molar-refractivity contribution in [2.45, 2.75) is 39.5 Å². The second-order valence-electron chi connectivity index (χ2n) is 6.43. The van der Waals surface area contributed by atoms with Crippen molar-refractivity contribution in [3.8, 4) is 0 Å². The molecule has 2 amide bonds. The molecule has 1 saturated heterocycles. The molecule has 2 rings (SSSR count). The number of aliphatic carboxylic acids is 1.